The molecule has 1 atom stereocenters. The molecule has 0 spiro atoms. The maximum atomic E-state index is 13.0. The maximum absolute atomic E-state index is 13.0. The summed E-state index contributed by atoms with van der Waals surface area (Å²) in [6.07, 6.45) is 4.25. The van der Waals surface area contributed by atoms with Crippen LogP contribution in [0.1, 0.15) is 36.4 Å². The molecule has 1 amide bonds. The van der Waals surface area contributed by atoms with Crippen molar-refractivity contribution in [3.8, 4) is 11.6 Å². The fourth-order valence-corrected chi connectivity index (χ4v) is 3.32. The van der Waals surface area contributed by atoms with Gasteiger partial charge in [0.25, 0.3) is 0 Å². The number of hydrogen-bond donors (Lipinski definition) is 2. The molecular formula is C23H22FN3O2. The van der Waals surface area contributed by atoms with Crippen molar-refractivity contribution in [1.82, 2.24) is 10.3 Å². The summed E-state index contributed by atoms with van der Waals surface area (Å²) in [5, 5.41) is 6.44. The van der Waals surface area contributed by atoms with E-state index >= 15 is 0 Å². The number of carbonyl (C=O) groups excluding carboxylic acids is 1. The van der Waals surface area contributed by atoms with Crippen LogP contribution in [0.3, 0.4) is 0 Å². The van der Waals surface area contributed by atoms with Crippen LogP contribution < -0.4 is 15.4 Å². The Bertz CT molecular complexity index is 974. The minimum absolute atomic E-state index is 0.0857. The summed E-state index contributed by atoms with van der Waals surface area (Å²) in [6.45, 7) is 0.615. The van der Waals surface area contributed by atoms with Crippen molar-refractivity contribution in [3.63, 3.8) is 0 Å². The van der Waals surface area contributed by atoms with Crippen molar-refractivity contribution in [1.29, 1.82) is 0 Å². The van der Waals surface area contributed by atoms with Crippen LogP contribution in [0.2, 0.25) is 0 Å². The molecule has 1 fully saturated rings. The predicted octanol–water partition coefficient (Wildman–Crippen LogP) is 4.97. The number of nitrogens with zero attached hydrogens (tertiary/aromatic N) is 1. The summed E-state index contributed by atoms with van der Waals surface area (Å²) < 4.78 is 18.6. The van der Waals surface area contributed by atoms with Crippen LogP contribution in [0.5, 0.6) is 11.6 Å². The van der Waals surface area contributed by atoms with Gasteiger partial charge in [-0.25, -0.2) is 9.37 Å². The summed E-state index contributed by atoms with van der Waals surface area (Å²) in [5.41, 5.74) is 3.12. The standard InChI is InChI=1S/C23H22FN3O2/c24-18-8-10-20(11-9-18)29-23-12-7-16(15-26-23)14-25-19-4-1-3-17(13-19)21-5-2-6-22(28)27-21/h1,3-4,7-13,15,21,25H,2,5-6,14H2,(H,27,28). The van der Waals surface area contributed by atoms with Gasteiger partial charge in [0.1, 0.15) is 11.6 Å². The number of benzene rings is 2. The van der Waals surface area contributed by atoms with Gasteiger partial charge in [0.05, 0.1) is 6.04 Å². The fourth-order valence-electron chi connectivity index (χ4n) is 3.32. The Kier molecular flexibility index (Phi) is 5.70. The molecule has 0 aliphatic carbocycles. The Morgan fingerprint density at radius 1 is 1.14 bits per heavy atom. The highest BCUT2D eigenvalue weighted by atomic mass is 19.1. The largest absolute Gasteiger partial charge is 0.439 e. The van der Waals surface area contributed by atoms with Crippen LogP contribution in [0.15, 0.2) is 66.9 Å². The van der Waals surface area contributed by atoms with Crippen molar-refractivity contribution >= 4 is 11.6 Å². The van der Waals surface area contributed by atoms with Crippen LogP contribution in [0.25, 0.3) is 0 Å². The lowest BCUT2D eigenvalue weighted by molar-refractivity contribution is -0.123. The van der Waals surface area contributed by atoms with Gasteiger partial charge < -0.3 is 15.4 Å². The van der Waals surface area contributed by atoms with Crippen molar-refractivity contribution in [2.24, 2.45) is 0 Å². The average molecular weight is 391 g/mol. The number of anilines is 1. The van der Waals surface area contributed by atoms with Gasteiger partial charge in [0, 0.05) is 30.9 Å². The van der Waals surface area contributed by atoms with Gasteiger partial charge in [-0.3, -0.25) is 4.79 Å². The van der Waals surface area contributed by atoms with E-state index in [1.165, 1.54) is 12.1 Å². The first-order valence-electron chi connectivity index (χ1n) is 9.67. The Balaban J connectivity index is 1.34. The molecule has 29 heavy (non-hydrogen) atoms. The first kappa shape index (κ1) is 18.9. The molecule has 0 bridgehead atoms. The lowest BCUT2D eigenvalue weighted by Gasteiger charge is -2.24. The molecule has 4 rings (SSSR count). The zero-order valence-electron chi connectivity index (χ0n) is 15.9. The van der Waals surface area contributed by atoms with E-state index in [1.54, 1.807) is 24.4 Å². The van der Waals surface area contributed by atoms with Crippen LogP contribution in [0, 0.1) is 5.82 Å². The molecule has 148 valence electrons. The van der Waals surface area contributed by atoms with Crippen LogP contribution >= 0.6 is 0 Å². The summed E-state index contributed by atoms with van der Waals surface area (Å²) in [4.78, 5) is 15.9. The number of nitrogens with one attached hydrogen (secondary N) is 2. The highest BCUT2D eigenvalue weighted by Crippen LogP contribution is 2.26. The molecule has 1 aliphatic rings. The molecule has 2 aromatic carbocycles. The minimum atomic E-state index is -0.304. The number of amides is 1. The highest BCUT2D eigenvalue weighted by molar-refractivity contribution is 5.77. The summed E-state index contributed by atoms with van der Waals surface area (Å²) in [5.74, 6) is 0.807. The molecule has 0 saturated carbocycles. The second kappa shape index (κ2) is 8.73. The molecule has 1 aliphatic heterocycles. The predicted molar refractivity (Wildman–Crippen MR) is 109 cm³/mol. The van der Waals surface area contributed by atoms with Gasteiger partial charge >= 0.3 is 0 Å². The quantitative estimate of drug-likeness (QED) is 0.623. The third kappa shape index (κ3) is 5.10. The Morgan fingerprint density at radius 2 is 2.00 bits per heavy atom. The van der Waals surface area contributed by atoms with E-state index in [1.807, 2.05) is 24.3 Å². The van der Waals surface area contributed by atoms with Crippen LogP contribution in [-0.4, -0.2) is 10.9 Å². The third-order valence-corrected chi connectivity index (χ3v) is 4.85. The summed E-state index contributed by atoms with van der Waals surface area (Å²) in [6, 6.07) is 17.8. The Morgan fingerprint density at radius 3 is 2.76 bits per heavy atom. The Labute approximate surface area is 168 Å². The molecule has 6 heteroatoms. The second-order valence-electron chi connectivity index (χ2n) is 7.05. The minimum Gasteiger partial charge on any atom is -0.439 e. The number of piperidine rings is 1. The zero-order valence-corrected chi connectivity index (χ0v) is 15.9. The zero-order chi connectivity index (χ0) is 20.1. The topological polar surface area (TPSA) is 63.2 Å². The molecule has 1 aromatic heterocycles. The Hall–Kier alpha value is -3.41. The van der Waals surface area contributed by atoms with Gasteiger partial charge in [-0.15, -0.1) is 0 Å². The van der Waals surface area contributed by atoms with E-state index in [0.717, 1.165) is 29.7 Å². The summed E-state index contributed by atoms with van der Waals surface area (Å²) >= 11 is 0. The number of ether oxygens (including phenoxy) is 1. The van der Waals surface area contributed by atoms with Crippen molar-refractivity contribution in [3.05, 3.63) is 83.8 Å². The molecule has 2 N–H and O–H groups in total. The number of aromatic nitrogens is 1. The number of carbonyl (C=O) groups is 1. The number of hydrogen-bond acceptors (Lipinski definition) is 4. The number of pyridine rings is 1. The molecule has 0 radical (unpaired) electrons. The van der Waals surface area contributed by atoms with Crippen LogP contribution in [-0.2, 0) is 11.3 Å². The fraction of sp³-hybridized carbons (Fsp3) is 0.217. The lowest BCUT2D eigenvalue weighted by atomic mass is 9.97. The highest BCUT2D eigenvalue weighted by Gasteiger charge is 2.19. The van der Waals surface area contributed by atoms with Gasteiger partial charge in [0.15, 0.2) is 0 Å². The van der Waals surface area contributed by atoms with E-state index in [2.05, 4.69) is 21.7 Å². The molecular weight excluding hydrogens is 369 g/mol. The molecule has 3 aromatic rings. The smallest absolute Gasteiger partial charge is 0.220 e. The monoisotopic (exact) mass is 391 g/mol. The van der Waals surface area contributed by atoms with Gasteiger partial charge in [0.2, 0.25) is 11.8 Å². The van der Waals surface area contributed by atoms with Gasteiger partial charge in [-0.2, -0.15) is 0 Å². The van der Waals surface area contributed by atoms with E-state index in [9.17, 15) is 9.18 Å². The first-order valence-corrected chi connectivity index (χ1v) is 9.67. The molecule has 1 unspecified atom stereocenters. The number of halogens is 1. The van der Waals surface area contributed by atoms with E-state index < -0.39 is 0 Å². The van der Waals surface area contributed by atoms with Crippen molar-refractivity contribution < 1.29 is 13.9 Å². The lowest BCUT2D eigenvalue weighted by Crippen LogP contribution is -2.32. The molecule has 5 nitrogen and oxygen atoms in total. The molecule has 1 saturated heterocycles. The number of rotatable bonds is 6. The third-order valence-electron chi connectivity index (χ3n) is 4.85. The summed E-state index contributed by atoms with van der Waals surface area (Å²) in [7, 11) is 0. The van der Waals surface area contributed by atoms with Crippen LogP contribution in [0.4, 0.5) is 10.1 Å². The maximum Gasteiger partial charge on any atom is 0.220 e. The van der Waals surface area contributed by atoms with E-state index in [-0.39, 0.29) is 17.8 Å². The van der Waals surface area contributed by atoms with Crippen molar-refractivity contribution in [2.75, 3.05) is 5.32 Å². The van der Waals surface area contributed by atoms with E-state index in [0.29, 0.717) is 24.6 Å². The van der Waals surface area contributed by atoms with Gasteiger partial charge in [-0.1, -0.05) is 18.2 Å². The normalized spacial score (nSPS) is 16.2. The van der Waals surface area contributed by atoms with E-state index in [4.69, 9.17) is 4.74 Å². The molecule has 2 heterocycles. The van der Waals surface area contributed by atoms with Crippen molar-refractivity contribution in [2.45, 2.75) is 31.8 Å². The SMILES string of the molecule is O=C1CCCC(c2cccc(NCc3ccc(Oc4ccc(F)cc4)nc3)c2)N1. The average Bonchev–Trinajstić information content (AvgIpc) is 2.75. The van der Waals surface area contributed by atoms with Gasteiger partial charge in [-0.05, 0) is 60.4 Å². The second-order valence-corrected chi connectivity index (χ2v) is 7.05. The first-order chi connectivity index (χ1) is 14.2.